The number of hydrogen-bond donors (Lipinski definition) is 5. The highest BCUT2D eigenvalue weighted by atomic mass is 16.2. The predicted molar refractivity (Wildman–Crippen MR) is 96.2 cm³/mol. The molecule has 10 heteroatoms. The monoisotopic (exact) mass is 355 g/mol. The van der Waals surface area contributed by atoms with Crippen LogP contribution in [-0.4, -0.2) is 27.7 Å². The van der Waals surface area contributed by atoms with E-state index in [1.165, 1.54) is 6.92 Å². The minimum Gasteiger partial charge on any atom is -0.383 e. The fraction of sp³-hybridized carbons (Fsp3) is 0.188. The van der Waals surface area contributed by atoms with Crippen molar-refractivity contribution in [3.8, 4) is 0 Å². The van der Waals surface area contributed by atoms with Gasteiger partial charge in [0.05, 0.1) is 11.5 Å². The molecule has 1 aliphatic rings. The smallest absolute Gasteiger partial charge is 0.232 e. The molecule has 3 amide bonds. The van der Waals surface area contributed by atoms with Gasteiger partial charge in [-0.3, -0.25) is 14.4 Å². The highest BCUT2D eigenvalue weighted by Gasteiger charge is 2.34. The molecule has 0 saturated heterocycles. The largest absolute Gasteiger partial charge is 0.383 e. The first-order chi connectivity index (χ1) is 12.3. The fourth-order valence-corrected chi connectivity index (χ4v) is 2.71. The summed E-state index contributed by atoms with van der Waals surface area (Å²) >= 11 is 0. The molecule has 10 nitrogen and oxygen atoms in total. The van der Waals surface area contributed by atoms with Crippen LogP contribution < -0.4 is 27.4 Å². The van der Waals surface area contributed by atoms with Crippen molar-refractivity contribution < 1.29 is 14.4 Å². The Morgan fingerprint density at radius 2 is 1.73 bits per heavy atom. The Bertz CT molecular complexity index is 895. The van der Waals surface area contributed by atoms with Gasteiger partial charge in [-0.05, 0) is 24.3 Å². The van der Waals surface area contributed by atoms with E-state index in [9.17, 15) is 14.4 Å². The lowest BCUT2D eigenvalue weighted by Gasteiger charge is -2.25. The van der Waals surface area contributed by atoms with Crippen LogP contribution in [0.15, 0.2) is 24.3 Å². The molecule has 0 fully saturated rings. The first-order valence-corrected chi connectivity index (χ1v) is 7.74. The second-order valence-corrected chi connectivity index (χ2v) is 5.78. The number of fused-ring (bicyclic) bond motifs is 1. The van der Waals surface area contributed by atoms with Gasteiger partial charge in [0.2, 0.25) is 23.7 Å². The van der Waals surface area contributed by atoms with Crippen LogP contribution in [0.25, 0.3) is 0 Å². The molecule has 1 aromatic carbocycles. The average Bonchev–Trinajstić information content (AvgIpc) is 2.54. The van der Waals surface area contributed by atoms with E-state index in [4.69, 9.17) is 11.5 Å². The van der Waals surface area contributed by atoms with Gasteiger partial charge in [-0.15, -0.1) is 0 Å². The van der Waals surface area contributed by atoms with E-state index >= 15 is 0 Å². The van der Waals surface area contributed by atoms with Crippen molar-refractivity contribution >= 4 is 46.7 Å². The molecule has 134 valence electrons. The maximum absolute atomic E-state index is 12.7. The van der Waals surface area contributed by atoms with Gasteiger partial charge >= 0.3 is 0 Å². The SMILES string of the molecule is CC(=O)Nc1ccc(NC(=O)C2CC(=O)Nc3nc(N)nc(N)c32)cc1. The van der Waals surface area contributed by atoms with Crippen LogP contribution >= 0.6 is 0 Å². The molecule has 7 N–H and O–H groups in total. The standard InChI is InChI=1S/C16H17N7O3/c1-7(24)19-8-2-4-9(5-3-8)20-15(26)10-6-11(25)21-14-12(10)13(17)22-16(18)23-14/h2-5,10H,6H2,1H3,(H,19,24)(H,20,26)(H5,17,18,21,22,23,25). The van der Waals surface area contributed by atoms with Crippen molar-refractivity contribution in [3.63, 3.8) is 0 Å². The second-order valence-electron chi connectivity index (χ2n) is 5.78. The van der Waals surface area contributed by atoms with Crippen molar-refractivity contribution in [2.75, 3.05) is 27.4 Å². The maximum Gasteiger partial charge on any atom is 0.232 e. The molecule has 1 aliphatic heterocycles. The van der Waals surface area contributed by atoms with Crippen LogP contribution in [0.5, 0.6) is 0 Å². The number of hydrogen-bond acceptors (Lipinski definition) is 7. The van der Waals surface area contributed by atoms with Gasteiger partial charge in [-0.25, -0.2) is 0 Å². The molecule has 1 atom stereocenters. The minimum absolute atomic E-state index is 0.0497. The fourth-order valence-electron chi connectivity index (χ4n) is 2.71. The quantitative estimate of drug-likeness (QED) is 0.539. The normalized spacial score (nSPS) is 15.6. The molecule has 2 heterocycles. The number of anilines is 5. The number of aromatic nitrogens is 2. The van der Waals surface area contributed by atoms with Crippen LogP contribution in [-0.2, 0) is 14.4 Å². The number of carbonyl (C=O) groups excluding carboxylic acids is 3. The zero-order valence-corrected chi connectivity index (χ0v) is 13.9. The maximum atomic E-state index is 12.7. The van der Waals surface area contributed by atoms with Gasteiger partial charge in [0, 0.05) is 24.7 Å². The van der Waals surface area contributed by atoms with E-state index < -0.39 is 11.8 Å². The lowest BCUT2D eigenvalue weighted by molar-refractivity contribution is -0.123. The van der Waals surface area contributed by atoms with Gasteiger partial charge in [-0.1, -0.05) is 0 Å². The van der Waals surface area contributed by atoms with Gasteiger partial charge < -0.3 is 27.4 Å². The van der Waals surface area contributed by atoms with Gasteiger partial charge in [-0.2, -0.15) is 9.97 Å². The Balaban J connectivity index is 1.82. The second kappa shape index (κ2) is 6.67. The van der Waals surface area contributed by atoms with Crippen LogP contribution in [0.2, 0.25) is 0 Å². The number of nitrogen functional groups attached to an aromatic ring is 2. The van der Waals surface area contributed by atoms with Gasteiger partial charge in [0.25, 0.3) is 0 Å². The number of nitrogens with zero attached hydrogens (tertiary/aromatic N) is 2. The Morgan fingerprint density at radius 1 is 1.12 bits per heavy atom. The van der Waals surface area contributed by atoms with Crippen molar-refractivity contribution in [1.82, 2.24) is 9.97 Å². The van der Waals surface area contributed by atoms with Crippen molar-refractivity contribution in [2.24, 2.45) is 0 Å². The molecular weight excluding hydrogens is 338 g/mol. The van der Waals surface area contributed by atoms with E-state index in [0.29, 0.717) is 16.9 Å². The number of nitrogens with one attached hydrogen (secondary N) is 3. The first kappa shape index (κ1) is 17.1. The van der Waals surface area contributed by atoms with E-state index in [-0.39, 0.29) is 35.8 Å². The first-order valence-electron chi connectivity index (χ1n) is 7.74. The van der Waals surface area contributed by atoms with Crippen molar-refractivity contribution in [3.05, 3.63) is 29.8 Å². The summed E-state index contributed by atoms with van der Waals surface area (Å²) in [4.78, 5) is 43.4. The Labute approximate surface area is 148 Å². The lowest BCUT2D eigenvalue weighted by Crippen LogP contribution is -2.32. The van der Waals surface area contributed by atoms with E-state index in [1.54, 1.807) is 24.3 Å². The predicted octanol–water partition coefficient (Wildman–Crippen LogP) is 0.664. The number of nitrogens with two attached hydrogens (primary N) is 2. The molecule has 0 spiro atoms. The zero-order valence-electron chi connectivity index (χ0n) is 13.9. The number of carbonyl (C=O) groups is 3. The summed E-state index contributed by atoms with van der Waals surface area (Å²) in [5.41, 5.74) is 12.9. The van der Waals surface area contributed by atoms with Crippen LogP contribution in [0.3, 0.4) is 0 Å². The third-order valence-corrected chi connectivity index (χ3v) is 3.78. The van der Waals surface area contributed by atoms with Crippen molar-refractivity contribution in [1.29, 1.82) is 0 Å². The molecule has 0 saturated carbocycles. The van der Waals surface area contributed by atoms with Crippen LogP contribution in [0.4, 0.5) is 29.0 Å². The minimum atomic E-state index is -0.839. The van der Waals surface area contributed by atoms with Crippen molar-refractivity contribution in [2.45, 2.75) is 19.3 Å². The molecule has 1 aromatic heterocycles. The number of amides is 3. The van der Waals surface area contributed by atoms with Crippen LogP contribution in [0.1, 0.15) is 24.8 Å². The molecule has 1 unspecified atom stereocenters. The third kappa shape index (κ3) is 3.53. The number of rotatable bonds is 3. The average molecular weight is 355 g/mol. The van der Waals surface area contributed by atoms with Gasteiger partial charge in [0.1, 0.15) is 11.6 Å². The Kier molecular flexibility index (Phi) is 4.40. The molecule has 2 aromatic rings. The highest BCUT2D eigenvalue weighted by molar-refractivity contribution is 6.05. The third-order valence-electron chi connectivity index (χ3n) is 3.78. The van der Waals surface area contributed by atoms with Gasteiger partial charge in [0.15, 0.2) is 0 Å². The summed E-state index contributed by atoms with van der Waals surface area (Å²) in [5.74, 6) is -1.71. The summed E-state index contributed by atoms with van der Waals surface area (Å²) in [6.45, 7) is 1.40. The van der Waals surface area contributed by atoms with E-state index in [1.807, 2.05) is 0 Å². The summed E-state index contributed by atoms with van der Waals surface area (Å²) in [5, 5.41) is 7.90. The summed E-state index contributed by atoms with van der Waals surface area (Å²) in [6, 6.07) is 6.57. The molecule has 0 radical (unpaired) electrons. The molecule has 0 bridgehead atoms. The molecule has 26 heavy (non-hydrogen) atoms. The molecular formula is C16H17N7O3. The highest BCUT2D eigenvalue weighted by Crippen LogP contribution is 2.35. The summed E-state index contributed by atoms with van der Waals surface area (Å²) < 4.78 is 0. The molecule has 3 rings (SSSR count). The Morgan fingerprint density at radius 3 is 2.35 bits per heavy atom. The van der Waals surface area contributed by atoms with E-state index in [2.05, 4.69) is 25.9 Å². The zero-order chi connectivity index (χ0) is 18.8. The topological polar surface area (TPSA) is 165 Å². The van der Waals surface area contributed by atoms with E-state index in [0.717, 1.165) is 0 Å². The number of benzene rings is 1. The summed E-state index contributed by atoms with van der Waals surface area (Å²) in [7, 11) is 0. The molecule has 0 aliphatic carbocycles. The van der Waals surface area contributed by atoms with Crippen LogP contribution in [0, 0.1) is 0 Å². The lowest BCUT2D eigenvalue weighted by atomic mass is 9.92. The Hall–Kier alpha value is -3.69. The summed E-state index contributed by atoms with van der Waals surface area (Å²) in [6.07, 6.45) is -0.0830.